The fourth-order valence-corrected chi connectivity index (χ4v) is 10.4. The van der Waals surface area contributed by atoms with E-state index in [2.05, 4.69) is 43.5 Å². The molecule has 0 aliphatic carbocycles. The Kier molecular flexibility index (Phi) is 61.4. The molecule has 0 bridgehead atoms. The van der Waals surface area contributed by atoms with E-state index in [9.17, 15) is 19.8 Å². The second kappa shape index (κ2) is 62.9. The molecular formula is C67H129NO5. The standard InChI is InChI=1S/C67H129NO5/c1-3-5-7-9-11-13-15-17-19-21-23-27-31-35-39-43-47-51-55-59-65(70)64(63-69)68-66(71)60-56-52-48-44-40-36-32-28-25-26-30-34-38-42-46-50-54-58-62-73-67(72)61-57-53-49-45-41-37-33-29-24-22-20-18-16-14-12-10-8-6-4-2/h18,20,28,32,64-65,69-70H,3-17,19,21-27,29-31,33-63H2,1-2H3,(H,68,71)/b20-18-,32-28-. The van der Waals surface area contributed by atoms with Crippen molar-refractivity contribution in [3.05, 3.63) is 24.3 Å². The summed E-state index contributed by atoms with van der Waals surface area (Å²) in [5, 5.41) is 23.4. The van der Waals surface area contributed by atoms with Crippen molar-refractivity contribution in [1.82, 2.24) is 5.32 Å². The molecule has 2 unspecified atom stereocenters. The van der Waals surface area contributed by atoms with Crippen LogP contribution in [-0.4, -0.2) is 47.4 Å². The van der Waals surface area contributed by atoms with Crippen molar-refractivity contribution in [2.45, 2.75) is 379 Å². The van der Waals surface area contributed by atoms with Crippen molar-refractivity contribution in [3.8, 4) is 0 Å². The van der Waals surface area contributed by atoms with Crippen LogP contribution in [0.2, 0.25) is 0 Å². The predicted molar refractivity (Wildman–Crippen MR) is 320 cm³/mol. The van der Waals surface area contributed by atoms with Gasteiger partial charge < -0.3 is 20.3 Å². The van der Waals surface area contributed by atoms with Crippen molar-refractivity contribution < 1.29 is 24.5 Å². The minimum absolute atomic E-state index is 0.00342. The van der Waals surface area contributed by atoms with Gasteiger partial charge in [-0.2, -0.15) is 0 Å². The normalized spacial score (nSPS) is 12.7. The summed E-state index contributed by atoms with van der Waals surface area (Å²) in [6.07, 6.45) is 77.7. The van der Waals surface area contributed by atoms with Gasteiger partial charge in [0.05, 0.1) is 25.4 Å². The molecule has 0 aromatic carbocycles. The molecule has 73 heavy (non-hydrogen) atoms. The van der Waals surface area contributed by atoms with E-state index in [1.54, 1.807) is 0 Å². The molecule has 0 heterocycles. The average Bonchev–Trinajstić information content (AvgIpc) is 3.39. The summed E-state index contributed by atoms with van der Waals surface area (Å²) in [4.78, 5) is 24.6. The van der Waals surface area contributed by atoms with E-state index in [0.29, 0.717) is 25.9 Å². The number of aliphatic hydroxyl groups excluding tert-OH is 2. The summed E-state index contributed by atoms with van der Waals surface area (Å²) in [5.74, 6) is -0.0426. The molecule has 0 radical (unpaired) electrons. The second-order valence-electron chi connectivity index (χ2n) is 22.8. The maximum Gasteiger partial charge on any atom is 0.305 e. The van der Waals surface area contributed by atoms with Gasteiger partial charge in [-0.1, -0.05) is 301 Å². The van der Waals surface area contributed by atoms with Crippen molar-refractivity contribution in [3.63, 3.8) is 0 Å². The van der Waals surface area contributed by atoms with E-state index in [1.165, 1.54) is 276 Å². The Hall–Kier alpha value is -1.66. The Bertz CT molecular complexity index is 1140. The molecule has 0 aliphatic rings. The highest BCUT2D eigenvalue weighted by Gasteiger charge is 2.20. The van der Waals surface area contributed by atoms with E-state index < -0.39 is 12.1 Å². The summed E-state index contributed by atoms with van der Waals surface area (Å²) in [6, 6.07) is -0.552. The molecule has 3 N–H and O–H groups in total. The van der Waals surface area contributed by atoms with Gasteiger partial charge in [-0.05, 0) is 77.0 Å². The zero-order chi connectivity index (χ0) is 52.9. The highest BCUT2D eigenvalue weighted by Crippen LogP contribution is 2.18. The third kappa shape index (κ3) is 59.4. The summed E-state index contributed by atoms with van der Waals surface area (Å²) >= 11 is 0. The number of hydrogen-bond donors (Lipinski definition) is 3. The number of unbranched alkanes of at least 4 members (excludes halogenated alkanes) is 47. The van der Waals surface area contributed by atoms with Crippen LogP contribution < -0.4 is 5.32 Å². The Morgan fingerprint density at radius 2 is 0.644 bits per heavy atom. The molecule has 6 nitrogen and oxygen atoms in total. The molecule has 2 atom stereocenters. The molecule has 0 aromatic rings. The third-order valence-electron chi connectivity index (χ3n) is 15.5. The lowest BCUT2D eigenvalue weighted by Crippen LogP contribution is -2.45. The summed E-state index contributed by atoms with van der Waals surface area (Å²) < 4.78 is 5.50. The SMILES string of the molecule is CCCCCCCC/C=C\CCCCCCCCCCCC(=O)OCCCCCCCCCCC/C=C\CCCCCCCC(=O)NC(CO)C(O)CCCCCCCCCCCCCCCCCCCCC. The van der Waals surface area contributed by atoms with Gasteiger partial charge in [0.15, 0.2) is 0 Å². The lowest BCUT2D eigenvalue weighted by atomic mass is 10.0. The molecule has 432 valence electrons. The Morgan fingerprint density at radius 3 is 0.973 bits per heavy atom. The van der Waals surface area contributed by atoms with Crippen LogP contribution in [0.3, 0.4) is 0 Å². The summed E-state index contributed by atoms with van der Waals surface area (Å²) in [7, 11) is 0. The van der Waals surface area contributed by atoms with Crippen LogP contribution in [-0.2, 0) is 14.3 Å². The molecule has 0 aromatic heterocycles. The van der Waals surface area contributed by atoms with E-state index in [-0.39, 0.29) is 18.5 Å². The largest absolute Gasteiger partial charge is 0.466 e. The van der Waals surface area contributed by atoms with Crippen LogP contribution in [0, 0.1) is 0 Å². The first-order chi connectivity index (χ1) is 36.0. The first-order valence-electron chi connectivity index (χ1n) is 33.1. The van der Waals surface area contributed by atoms with Crippen LogP contribution in [0.1, 0.15) is 367 Å². The molecule has 0 aliphatic heterocycles. The number of rotatable bonds is 62. The number of nitrogens with one attached hydrogen (secondary N) is 1. The van der Waals surface area contributed by atoms with Gasteiger partial charge in [-0.15, -0.1) is 0 Å². The Labute approximate surface area is 456 Å². The molecule has 0 spiro atoms. The maximum absolute atomic E-state index is 12.5. The lowest BCUT2D eigenvalue weighted by Gasteiger charge is -2.22. The Balaban J connectivity index is 3.43. The average molecular weight is 1030 g/mol. The van der Waals surface area contributed by atoms with Gasteiger partial charge >= 0.3 is 5.97 Å². The van der Waals surface area contributed by atoms with Gasteiger partial charge in [0.2, 0.25) is 5.91 Å². The monoisotopic (exact) mass is 1030 g/mol. The van der Waals surface area contributed by atoms with E-state index in [4.69, 9.17) is 4.74 Å². The first kappa shape index (κ1) is 71.3. The van der Waals surface area contributed by atoms with E-state index >= 15 is 0 Å². The minimum atomic E-state index is -0.674. The first-order valence-corrected chi connectivity index (χ1v) is 33.1. The number of carbonyl (C=O) groups is 2. The number of amides is 1. The van der Waals surface area contributed by atoms with E-state index in [1.807, 2.05) is 0 Å². The van der Waals surface area contributed by atoms with Gasteiger partial charge in [-0.25, -0.2) is 0 Å². The van der Waals surface area contributed by atoms with Crippen molar-refractivity contribution in [2.24, 2.45) is 0 Å². The predicted octanol–water partition coefficient (Wildman–Crippen LogP) is 21.0. The fraction of sp³-hybridized carbons (Fsp3) is 0.910. The summed E-state index contributed by atoms with van der Waals surface area (Å²) in [6.45, 7) is 4.96. The maximum atomic E-state index is 12.5. The number of allylic oxidation sites excluding steroid dienone is 4. The topological polar surface area (TPSA) is 95.9 Å². The second-order valence-corrected chi connectivity index (χ2v) is 22.8. The zero-order valence-electron chi connectivity index (χ0n) is 49.4. The highest BCUT2D eigenvalue weighted by atomic mass is 16.5. The molecule has 1 amide bonds. The van der Waals surface area contributed by atoms with Gasteiger partial charge in [0, 0.05) is 12.8 Å². The van der Waals surface area contributed by atoms with Crippen LogP contribution in [0.15, 0.2) is 24.3 Å². The lowest BCUT2D eigenvalue weighted by molar-refractivity contribution is -0.143. The molecule has 0 fully saturated rings. The zero-order valence-corrected chi connectivity index (χ0v) is 49.4. The van der Waals surface area contributed by atoms with Gasteiger partial charge in [0.1, 0.15) is 0 Å². The number of esters is 1. The van der Waals surface area contributed by atoms with Crippen LogP contribution in [0.4, 0.5) is 0 Å². The molecule has 6 heteroatoms. The van der Waals surface area contributed by atoms with Crippen molar-refractivity contribution in [2.75, 3.05) is 13.2 Å². The number of aliphatic hydroxyl groups is 2. The van der Waals surface area contributed by atoms with Crippen molar-refractivity contribution in [1.29, 1.82) is 0 Å². The number of hydrogen-bond acceptors (Lipinski definition) is 5. The highest BCUT2D eigenvalue weighted by molar-refractivity contribution is 5.76. The van der Waals surface area contributed by atoms with Gasteiger partial charge in [-0.3, -0.25) is 9.59 Å². The number of carbonyl (C=O) groups excluding carboxylic acids is 2. The summed E-state index contributed by atoms with van der Waals surface area (Å²) in [5.41, 5.74) is 0. The molecule has 0 saturated heterocycles. The molecule has 0 saturated carbocycles. The van der Waals surface area contributed by atoms with E-state index in [0.717, 1.165) is 57.8 Å². The van der Waals surface area contributed by atoms with Crippen molar-refractivity contribution >= 4 is 11.9 Å². The third-order valence-corrected chi connectivity index (χ3v) is 15.5. The minimum Gasteiger partial charge on any atom is -0.466 e. The number of ether oxygens (including phenoxy) is 1. The van der Waals surface area contributed by atoms with Crippen LogP contribution in [0.25, 0.3) is 0 Å². The van der Waals surface area contributed by atoms with Crippen LogP contribution in [0.5, 0.6) is 0 Å². The Morgan fingerprint density at radius 1 is 0.370 bits per heavy atom. The van der Waals surface area contributed by atoms with Crippen LogP contribution >= 0.6 is 0 Å². The molecule has 0 rings (SSSR count). The molecular weight excluding hydrogens is 899 g/mol. The van der Waals surface area contributed by atoms with Gasteiger partial charge in [0.25, 0.3) is 0 Å². The quantitative estimate of drug-likeness (QED) is 0.0320. The fourth-order valence-electron chi connectivity index (χ4n) is 10.4. The smallest absolute Gasteiger partial charge is 0.305 e.